The van der Waals surface area contributed by atoms with Gasteiger partial charge < -0.3 is 21.7 Å². The molecule has 2 heterocycles. The molecule has 0 aliphatic heterocycles. The molecule has 5 N–H and O–H groups in total. The summed E-state index contributed by atoms with van der Waals surface area (Å²) < 4.78 is 2.10. The normalized spacial score (nSPS) is 16.6. The Kier molecular flexibility index (Phi) is 8.99. The SMILES string of the molecule is CC(=O)Nc1ccc(-c2nc3c(C)cccn3c2Nc2c(C)cccc2C)cc1.NC1CCC(NC=O)CC1. The van der Waals surface area contributed by atoms with Gasteiger partial charge in [0.2, 0.25) is 12.3 Å². The van der Waals surface area contributed by atoms with E-state index in [0.29, 0.717) is 12.1 Å². The van der Waals surface area contributed by atoms with Gasteiger partial charge in [0.1, 0.15) is 17.2 Å². The molecular weight excluding hydrogens is 488 g/mol. The topological polar surface area (TPSA) is 114 Å². The molecule has 0 saturated heterocycles. The summed E-state index contributed by atoms with van der Waals surface area (Å²) in [5.41, 5.74) is 13.8. The number of anilines is 3. The molecule has 0 spiro atoms. The molecule has 5 rings (SSSR count). The van der Waals surface area contributed by atoms with Gasteiger partial charge in [-0.05, 0) is 81.3 Å². The Morgan fingerprint density at radius 3 is 2.21 bits per heavy atom. The molecule has 204 valence electrons. The molecule has 0 atom stereocenters. The van der Waals surface area contributed by atoms with E-state index in [1.165, 1.54) is 18.1 Å². The number of carbonyl (C=O) groups excluding carboxylic acids is 2. The molecule has 2 aromatic carbocycles. The number of hydrogen-bond acceptors (Lipinski definition) is 5. The minimum absolute atomic E-state index is 0.0847. The number of nitrogens with two attached hydrogens (primary N) is 1. The van der Waals surface area contributed by atoms with Crippen LogP contribution in [0.15, 0.2) is 60.8 Å². The summed E-state index contributed by atoms with van der Waals surface area (Å²) >= 11 is 0. The lowest BCUT2D eigenvalue weighted by Crippen LogP contribution is -2.36. The molecule has 1 aliphatic rings. The van der Waals surface area contributed by atoms with Crippen LogP contribution in [0.5, 0.6) is 0 Å². The van der Waals surface area contributed by atoms with Gasteiger partial charge >= 0.3 is 0 Å². The van der Waals surface area contributed by atoms with Crippen LogP contribution >= 0.6 is 0 Å². The van der Waals surface area contributed by atoms with E-state index in [0.717, 1.165) is 71.8 Å². The maximum atomic E-state index is 11.3. The summed E-state index contributed by atoms with van der Waals surface area (Å²) in [6, 6.07) is 18.9. The number of para-hydroxylation sites is 1. The van der Waals surface area contributed by atoms with Gasteiger partial charge in [-0.1, -0.05) is 36.4 Å². The maximum Gasteiger partial charge on any atom is 0.221 e. The zero-order valence-corrected chi connectivity index (χ0v) is 23.1. The summed E-state index contributed by atoms with van der Waals surface area (Å²) in [4.78, 5) is 26.3. The molecular formula is C31H38N6O2. The molecule has 4 aromatic rings. The first kappa shape index (κ1) is 27.9. The number of hydrogen-bond donors (Lipinski definition) is 4. The average molecular weight is 527 g/mol. The van der Waals surface area contributed by atoms with Gasteiger partial charge in [0.05, 0.1) is 0 Å². The summed E-state index contributed by atoms with van der Waals surface area (Å²) in [7, 11) is 0. The third-order valence-electron chi connectivity index (χ3n) is 7.12. The number of aromatic nitrogens is 2. The van der Waals surface area contributed by atoms with Crippen molar-refractivity contribution in [3.05, 3.63) is 77.5 Å². The van der Waals surface area contributed by atoms with E-state index in [9.17, 15) is 9.59 Å². The van der Waals surface area contributed by atoms with Crippen molar-refractivity contribution in [2.45, 2.75) is 65.5 Å². The molecule has 0 bridgehead atoms. The van der Waals surface area contributed by atoms with Gasteiger partial charge in [0, 0.05) is 42.1 Å². The molecule has 0 radical (unpaired) electrons. The number of nitrogens with zero attached hydrogens (tertiary/aromatic N) is 2. The molecule has 8 nitrogen and oxygen atoms in total. The highest BCUT2D eigenvalue weighted by Crippen LogP contribution is 2.34. The molecule has 1 saturated carbocycles. The molecule has 1 aliphatic carbocycles. The highest BCUT2D eigenvalue weighted by molar-refractivity contribution is 5.89. The van der Waals surface area contributed by atoms with Crippen LogP contribution in [0.4, 0.5) is 17.2 Å². The van der Waals surface area contributed by atoms with Crippen molar-refractivity contribution in [1.82, 2.24) is 14.7 Å². The summed E-state index contributed by atoms with van der Waals surface area (Å²) in [6.07, 6.45) is 6.98. The smallest absolute Gasteiger partial charge is 0.221 e. The van der Waals surface area contributed by atoms with Crippen molar-refractivity contribution < 1.29 is 9.59 Å². The fraction of sp³-hybridized carbons (Fsp3) is 0.323. The number of imidazole rings is 1. The van der Waals surface area contributed by atoms with Crippen molar-refractivity contribution in [2.24, 2.45) is 5.73 Å². The van der Waals surface area contributed by atoms with Crippen molar-refractivity contribution in [1.29, 1.82) is 0 Å². The van der Waals surface area contributed by atoms with Gasteiger partial charge in [-0.15, -0.1) is 0 Å². The fourth-order valence-corrected chi connectivity index (χ4v) is 4.95. The first-order chi connectivity index (χ1) is 18.8. The second-order valence-corrected chi connectivity index (χ2v) is 10.2. The van der Waals surface area contributed by atoms with E-state index in [1.54, 1.807) is 0 Å². The lowest BCUT2D eigenvalue weighted by Gasteiger charge is -2.25. The van der Waals surface area contributed by atoms with Crippen LogP contribution < -0.4 is 21.7 Å². The van der Waals surface area contributed by atoms with Crippen LogP contribution in [0.3, 0.4) is 0 Å². The minimum atomic E-state index is -0.0847. The second kappa shape index (κ2) is 12.6. The third kappa shape index (κ3) is 6.83. The summed E-state index contributed by atoms with van der Waals surface area (Å²) in [5.74, 6) is 0.840. The van der Waals surface area contributed by atoms with Crippen molar-refractivity contribution in [3.63, 3.8) is 0 Å². The van der Waals surface area contributed by atoms with Crippen LogP contribution in [-0.4, -0.2) is 33.8 Å². The standard InChI is InChI=1S/C24H24N4O.C7H14N2O/c1-15-7-5-8-16(2)21(15)26-24-22(27-23-17(3)9-6-14-28(23)24)19-10-12-20(13-11-19)25-18(4)29;8-6-1-3-7(4-2-6)9-5-10/h5-14,26H,1-4H3,(H,25,29);5-7H,1-4,8H2,(H,9,10). The van der Waals surface area contributed by atoms with Crippen LogP contribution in [-0.2, 0) is 9.59 Å². The van der Waals surface area contributed by atoms with E-state index >= 15 is 0 Å². The van der Waals surface area contributed by atoms with Gasteiger partial charge in [0.25, 0.3) is 0 Å². The number of fused-ring (bicyclic) bond motifs is 1. The maximum absolute atomic E-state index is 11.3. The number of amides is 2. The van der Waals surface area contributed by atoms with Crippen LogP contribution in [0.25, 0.3) is 16.9 Å². The highest BCUT2D eigenvalue weighted by atomic mass is 16.1. The monoisotopic (exact) mass is 526 g/mol. The first-order valence-corrected chi connectivity index (χ1v) is 13.4. The number of nitrogens with one attached hydrogen (secondary N) is 3. The molecule has 0 unspecified atom stereocenters. The largest absolute Gasteiger partial charge is 0.356 e. The second-order valence-electron chi connectivity index (χ2n) is 10.2. The molecule has 8 heteroatoms. The zero-order chi connectivity index (χ0) is 27.9. The third-order valence-corrected chi connectivity index (χ3v) is 7.12. The summed E-state index contributed by atoms with van der Waals surface area (Å²) in [5, 5.41) is 9.21. The molecule has 2 amide bonds. The van der Waals surface area contributed by atoms with E-state index in [4.69, 9.17) is 10.7 Å². The van der Waals surface area contributed by atoms with Gasteiger partial charge in [-0.3, -0.25) is 14.0 Å². The quantitative estimate of drug-likeness (QED) is 0.243. The molecule has 2 aromatic heterocycles. The van der Waals surface area contributed by atoms with Crippen LogP contribution in [0.2, 0.25) is 0 Å². The predicted octanol–water partition coefficient (Wildman–Crippen LogP) is 5.63. The van der Waals surface area contributed by atoms with Crippen LogP contribution in [0.1, 0.15) is 49.3 Å². The Bertz CT molecular complexity index is 1420. The number of rotatable bonds is 6. The van der Waals surface area contributed by atoms with Gasteiger partial charge in [-0.25, -0.2) is 4.98 Å². The number of benzene rings is 2. The van der Waals surface area contributed by atoms with E-state index < -0.39 is 0 Å². The first-order valence-electron chi connectivity index (χ1n) is 13.4. The van der Waals surface area contributed by atoms with E-state index in [2.05, 4.69) is 65.4 Å². The Morgan fingerprint density at radius 2 is 1.59 bits per heavy atom. The predicted molar refractivity (Wildman–Crippen MR) is 158 cm³/mol. The fourth-order valence-electron chi connectivity index (χ4n) is 4.95. The van der Waals surface area contributed by atoms with Crippen molar-refractivity contribution in [3.8, 4) is 11.3 Å². The van der Waals surface area contributed by atoms with E-state index in [1.807, 2.05) is 36.5 Å². The highest BCUT2D eigenvalue weighted by Gasteiger charge is 2.18. The van der Waals surface area contributed by atoms with Crippen molar-refractivity contribution in [2.75, 3.05) is 10.6 Å². The van der Waals surface area contributed by atoms with Gasteiger partial charge in [-0.2, -0.15) is 0 Å². The number of aryl methyl sites for hydroxylation is 3. The Balaban J connectivity index is 0.000000298. The summed E-state index contributed by atoms with van der Waals surface area (Å²) in [6.45, 7) is 7.78. The number of carbonyl (C=O) groups is 2. The lowest BCUT2D eigenvalue weighted by atomic mass is 9.92. The minimum Gasteiger partial charge on any atom is -0.356 e. The zero-order valence-electron chi connectivity index (χ0n) is 23.1. The average Bonchev–Trinajstić information content (AvgIpc) is 3.28. The Morgan fingerprint density at radius 1 is 0.949 bits per heavy atom. The van der Waals surface area contributed by atoms with E-state index in [-0.39, 0.29) is 5.91 Å². The lowest BCUT2D eigenvalue weighted by molar-refractivity contribution is -0.114. The number of pyridine rings is 1. The Labute approximate surface area is 230 Å². The molecule has 39 heavy (non-hydrogen) atoms. The van der Waals surface area contributed by atoms with Crippen molar-refractivity contribution >= 4 is 35.2 Å². The van der Waals surface area contributed by atoms with Crippen LogP contribution in [0, 0.1) is 20.8 Å². The van der Waals surface area contributed by atoms with Gasteiger partial charge in [0.15, 0.2) is 0 Å². The Hall–Kier alpha value is -4.17. The molecule has 1 fully saturated rings.